The van der Waals surface area contributed by atoms with Crippen molar-refractivity contribution in [1.29, 1.82) is 0 Å². The van der Waals surface area contributed by atoms with Gasteiger partial charge in [0.1, 0.15) is 12.1 Å². The number of nitrogens with zero attached hydrogens (tertiary/aromatic N) is 3. The number of ether oxygens (including phenoxy) is 4. The van der Waals surface area contributed by atoms with Crippen molar-refractivity contribution in [3.63, 3.8) is 0 Å². The van der Waals surface area contributed by atoms with Crippen LogP contribution in [-0.2, 0) is 33.0 Å². The minimum Gasteiger partial charge on any atom is -0.458 e. The van der Waals surface area contributed by atoms with Gasteiger partial charge in [-0.1, -0.05) is 32.8 Å². The molecule has 1 heterocycles. The minimum atomic E-state index is -2.14. The second-order valence-corrected chi connectivity index (χ2v) is 13.6. The molecule has 1 aliphatic rings. The first kappa shape index (κ1) is 26.4. The van der Waals surface area contributed by atoms with Crippen molar-refractivity contribution in [1.82, 2.24) is 0 Å². The molecule has 1 rings (SSSR count). The SMILES string of the molecule is CCCO[C@@H]1OC(CO[Si](C)(C)C(C)(C)C)[C@H](OC(C)=O)[C@H](OC(C)=O)C1N=[N+]=[N-]. The first-order valence-corrected chi connectivity index (χ1v) is 13.0. The van der Waals surface area contributed by atoms with Gasteiger partial charge in [-0.25, -0.2) is 0 Å². The predicted molar refractivity (Wildman–Crippen MR) is 112 cm³/mol. The molecule has 2 unspecified atom stereocenters. The lowest BCUT2D eigenvalue weighted by Crippen LogP contribution is -2.61. The van der Waals surface area contributed by atoms with Crippen molar-refractivity contribution in [2.24, 2.45) is 5.11 Å². The number of esters is 2. The number of azide groups is 1. The van der Waals surface area contributed by atoms with Crippen LogP contribution >= 0.6 is 0 Å². The number of hydrogen-bond donors (Lipinski definition) is 0. The summed E-state index contributed by atoms with van der Waals surface area (Å²) >= 11 is 0. The molecule has 1 fully saturated rings. The third-order valence-corrected chi connectivity index (χ3v) is 9.81. The molecule has 1 saturated heterocycles. The topological polar surface area (TPSA) is 129 Å². The molecule has 0 aromatic carbocycles. The molecule has 0 aromatic rings. The minimum absolute atomic E-state index is 0.0420. The van der Waals surface area contributed by atoms with Gasteiger partial charge in [-0.2, -0.15) is 0 Å². The van der Waals surface area contributed by atoms with Crippen LogP contribution in [0.1, 0.15) is 48.0 Å². The van der Waals surface area contributed by atoms with Gasteiger partial charge in [0.15, 0.2) is 26.8 Å². The summed E-state index contributed by atoms with van der Waals surface area (Å²) < 4.78 is 28.9. The van der Waals surface area contributed by atoms with E-state index >= 15 is 0 Å². The van der Waals surface area contributed by atoms with Crippen LogP contribution in [0.2, 0.25) is 18.1 Å². The van der Waals surface area contributed by atoms with Gasteiger partial charge in [0, 0.05) is 25.4 Å². The molecular formula is C19H35N3O7Si. The van der Waals surface area contributed by atoms with Crippen molar-refractivity contribution >= 4 is 20.3 Å². The highest BCUT2D eigenvalue weighted by molar-refractivity contribution is 6.74. The molecule has 0 bridgehead atoms. The van der Waals surface area contributed by atoms with Gasteiger partial charge < -0.3 is 23.4 Å². The van der Waals surface area contributed by atoms with E-state index in [9.17, 15) is 9.59 Å². The van der Waals surface area contributed by atoms with Crippen LogP contribution < -0.4 is 0 Å². The zero-order chi connectivity index (χ0) is 23.1. The van der Waals surface area contributed by atoms with Crippen molar-refractivity contribution in [2.75, 3.05) is 13.2 Å². The quantitative estimate of drug-likeness (QED) is 0.174. The Kier molecular flexibility index (Phi) is 9.76. The zero-order valence-corrected chi connectivity index (χ0v) is 20.2. The molecule has 0 amide bonds. The number of rotatable bonds is 9. The van der Waals surface area contributed by atoms with E-state index in [-0.39, 0.29) is 11.6 Å². The van der Waals surface area contributed by atoms with E-state index in [2.05, 4.69) is 43.9 Å². The molecule has 0 spiro atoms. The largest absolute Gasteiger partial charge is 0.458 e. The molecule has 5 atom stereocenters. The van der Waals surface area contributed by atoms with E-state index in [1.54, 1.807) is 0 Å². The molecule has 0 aliphatic carbocycles. The molecule has 0 radical (unpaired) electrons. The Hall–Kier alpha value is -1.65. The highest BCUT2D eigenvalue weighted by Gasteiger charge is 2.51. The summed E-state index contributed by atoms with van der Waals surface area (Å²) in [5.41, 5.74) is 9.03. The molecule has 0 saturated carbocycles. The van der Waals surface area contributed by atoms with Crippen molar-refractivity contribution < 1.29 is 33.0 Å². The maximum absolute atomic E-state index is 11.8. The van der Waals surface area contributed by atoms with Crippen LogP contribution in [-0.4, -0.2) is 64.1 Å². The fraction of sp³-hybridized carbons (Fsp3) is 0.895. The van der Waals surface area contributed by atoms with Gasteiger partial charge in [-0.15, -0.1) is 0 Å². The molecule has 10 nitrogen and oxygen atoms in total. The molecule has 11 heteroatoms. The predicted octanol–water partition coefficient (Wildman–Crippen LogP) is 3.70. The standard InChI is InChI=1S/C19H35N3O7Si/c1-9-10-25-18-15(21-22-20)17(28-13(3)24)16(27-12(2)23)14(29-18)11-26-30(7,8)19(4,5)6/h14-18H,9-11H2,1-8H3/t14?,15?,16-,17+,18+/m0/s1. The number of carbonyl (C=O) groups is 2. The third-order valence-electron chi connectivity index (χ3n) is 5.30. The van der Waals surface area contributed by atoms with Gasteiger partial charge in [0.25, 0.3) is 0 Å². The summed E-state index contributed by atoms with van der Waals surface area (Å²) in [6.07, 6.45) is -3.09. The Balaban J connectivity index is 3.27. The summed E-state index contributed by atoms with van der Waals surface area (Å²) in [6, 6.07) is -1.01. The van der Waals surface area contributed by atoms with Crippen molar-refractivity contribution in [3.05, 3.63) is 10.4 Å². The van der Waals surface area contributed by atoms with E-state index in [1.165, 1.54) is 13.8 Å². The van der Waals surface area contributed by atoms with Crippen LogP contribution in [0.3, 0.4) is 0 Å². The van der Waals surface area contributed by atoms with Crippen molar-refractivity contribution in [3.8, 4) is 0 Å². The maximum Gasteiger partial charge on any atom is 0.303 e. The van der Waals surface area contributed by atoms with Crippen LogP contribution in [0.25, 0.3) is 10.4 Å². The van der Waals surface area contributed by atoms with Gasteiger partial charge in [-0.05, 0) is 30.1 Å². The highest BCUT2D eigenvalue weighted by atomic mass is 28.4. The Bertz CT molecular complexity index is 647. The zero-order valence-electron chi connectivity index (χ0n) is 19.2. The first-order valence-electron chi connectivity index (χ1n) is 10.1. The molecule has 172 valence electrons. The lowest BCUT2D eigenvalue weighted by atomic mass is 9.97. The smallest absolute Gasteiger partial charge is 0.303 e. The molecule has 30 heavy (non-hydrogen) atoms. The number of hydrogen-bond acceptors (Lipinski definition) is 8. The molecular weight excluding hydrogens is 410 g/mol. The van der Waals surface area contributed by atoms with E-state index in [4.69, 9.17) is 28.9 Å². The first-order chi connectivity index (χ1) is 13.8. The Labute approximate surface area is 179 Å². The molecule has 0 aromatic heterocycles. The summed E-state index contributed by atoms with van der Waals surface area (Å²) in [7, 11) is -2.14. The Morgan fingerprint density at radius 2 is 1.70 bits per heavy atom. The highest BCUT2D eigenvalue weighted by Crippen LogP contribution is 2.37. The van der Waals surface area contributed by atoms with Crippen LogP contribution in [0, 0.1) is 0 Å². The second kappa shape index (κ2) is 11.1. The fourth-order valence-electron chi connectivity index (χ4n) is 2.75. The second-order valence-electron chi connectivity index (χ2n) is 8.83. The van der Waals surface area contributed by atoms with Gasteiger partial charge in [-0.3, -0.25) is 9.59 Å². The monoisotopic (exact) mass is 445 g/mol. The maximum atomic E-state index is 11.8. The summed E-state index contributed by atoms with van der Waals surface area (Å²) in [4.78, 5) is 26.4. The summed E-state index contributed by atoms with van der Waals surface area (Å²) in [6.45, 7) is 15.4. The van der Waals surface area contributed by atoms with E-state index in [1.807, 2.05) is 6.92 Å². The average Bonchev–Trinajstić information content (AvgIpc) is 2.61. The molecule has 0 N–H and O–H groups in total. The van der Waals surface area contributed by atoms with Crippen LogP contribution in [0.4, 0.5) is 0 Å². The van der Waals surface area contributed by atoms with Gasteiger partial charge >= 0.3 is 11.9 Å². The third kappa shape index (κ3) is 7.24. The lowest BCUT2D eigenvalue weighted by molar-refractivity contribution is -0.271. The summed E-state index contributed by atoms with van der Waals surface area (Å²) in [5.74, 6) is -1.18. The average molecular weight is 446 g/mol. The number of carbonyl (C=O) groups excluding carboxylic acids is 2. The fourth-order valence-corrected chi connectivity index (χ4v) is 3.76. The van der Waals surface area contributed by atoms with Crippen LogP contribution in [0.15, 0.2) is 5.11 Å². The molecule has 1 aliphatic heterocycles. The van der Waals surface area contributed by atoms with E-state index in [0.717, 1.165) is 0 Å². The van der Waals surface area contributed by atoms with Gasteiger partial charge in [0.2, 0.25) is 0 Å². The van der Waals surface area contributed by atoms with E-state index < -0.39 is 50.9 Å². The van der Waals surface area contributed by atoms with E-state index in [0.29, 0.717) is 13.0 Å². The normalized spacial score (nSPS) is 27.1. The summed E-state index contributed by atoms with van der Waals surface area (Å²) in [5, 5.41) is 3.68. The van der Waals surface area contributed by atoms with Gasteiger partial charge in [0.05, 0.1) is 6.61 Å². The Morgan fingerprint density at radius 1 is 1.13 bits per heavy atom. The lowest BCUT2D eigenvalue weighted by Gasteiger charge is -2.45. The Morgan fingerprint density at radius 3 is 2.17 bits per heavy atom. The van der Waals surface area contributed by atoms with Crippen LogP contribution in [0.5, 0.6) is 0 Å². The van der Waals surface area contributed by atoms with Crippen molar-refractivity contribution in [2.45, 2.75) is 96.7 Å².